The van der Waals surface area contributed by atoms with Crippen LogP contribution in [0, 0.1) is 37.8 Å². The van der Waals surface area contributed by atoms with Crippen molar-refractivity contribution in [2.45, 2.75) is 39.5 Å². The predicted molar refractivity (Wildman–Crippen MR) is 116 cm³/mol. The quantitative estimate of drug-likeness (QED) is 0.307. The van der Waals surface area contributed by atoms with Gasteiger partial charge in [0.2, 0.25) is 5.91 Å². The van der Waals surface area contributed by atoms with Gasteiger partial charge in [-0.1, -0.05) is 23.9 Å². The van der Waals surface area contributed by atoms with Gasteiger partial charge in [0.25, 0.3) is 16.8 Å². The molecule has 1 N–H and O–H groups in total. The van der Waals surface area contributed by atoms with Gasteiger partial charge >= 0.3 is 0 Å². The average Bonchev–Trinajstić information content (AvgIpc) is 3.17. The Kier molecular flexibility index (Phi) is 6.91. The number of anilines is 1. The van der Waals surface area contributed by atoms with E-state index in [1.165, 1.54) is 11.6 Å². The Balaban J connectivity index is 1.55. The maximum atomic E-state index is 12.3. The maximum Gasteiger partial charge on any atom is 0.293 e. The minimum atomic E-state index is -0.511. The first-order valence-corrected chi connectivity index (χ1v) is 10.4. The third-order valence-electron chi connectivity index (χ3n) is 4.54. The van der Waals surface area contributed by atoms with E-state index in [1.54, 1.807) is 19.9 Å². The molecule has 9 nitrogen and oxygen atoms in total. The molecule has 0 aliphatic rings. The molecule has 0 saturated carbocycles. The lowest BCUT2D eigenvalue weighted by molar-refractivity contribution is -0.384. The number of aryl methyl sites for hydroxylation is 4. The molecular weight excluding hydrogens is 420 g/mol. The fraction of sp³-hybridized carbons (Fsp3) is 0.286. The van der Waals surface area contributed by atoms with Gasteiger partial charge in [-0.15, -0.1) is 10.2 Å². The van der Waals surface area contributed by atoms with E-state index in [4.69, 9.17) is 9.15 Å². The Morgan fingerprint density at radius 3 is 2.61 bits per heavy atom. The van der Waals surface area contributed by atoms with Gasteiger partial charge < -0.3 is 14.5 Å². The summed E-state index contributed by atoms with van der Waals surface area (Å²) in [5.41, 5.74) is 3.71. The minimum Gasteiger partial charge on any atom is -0.484 e. The van der Waals surface area contributed by atoms with Gasteiger partial charge in [-0.2, -0.15) is 0 Å². The molecule has 0 saturated heterocycles. The Hall–Kier alpha value is -3.40. The van der Waals surface area contributed by atoms with E-state index >= 15 is 0 Å². The molecule has 1 aromatic heterocycles. The number of hydrogen-bond acceptors (Lipinski definition) is 8. The number of carbonyl (C=O) groups excluding carboxylic acids is 1. The lowest BCUT2D eigenvalue weighted by atomic mass is 10.1. The van der Waals surface area contributed by atoms with Crippen molar-refractivity contribution >= 4 is 29.0 Å². The van der Waals surface area contributed by atoms with E-state index in [1.807, 2.05) is 32.0 Å². The van der Waals surface area contributed by atoms with E-state index in [9.17, 15) is 14.9 Å². The number of rotatable bonds is 8. The summed E-state index contributed by atoms with van der Waals surface area (Å²) < 4.78 is 11.1. The highest BCUT2D eigenvalue weighted by molar-refractivity contribution is 7.99. The van der Waals surface area contributed by atoms with E-state index in [0.29, 0.717) is 11.3 Å². The van der Waals surface area contributed by atoms with Crippen LogP contribution >= 0.6 is 11.8 Å². The zero-order valence-electron chi connectivity index (χ0n) is 17.6. The Morgan fingerprint density at radius 2 is 1.90 bits per heavy atom. The third-order valence-corrected chi connectivity index (χ3v) is 5.35. The second-order valence-corrected chi connectivity index (χ2v) is 7.99. The number of benzene rings is 2. The summed E-state index contributed by atoms with van der Waals surface area (Å²) in [7, 11) is 0. The fourth-order valence-corrected chi connectivity index (χ4v) is 3.44. The van der Waals surface area contributed by atoms with Crippen molar-refractivity contribution in [3.8, 4) is 5.75 Å². The number of nitrogens with zero attached hydrogens (tertiary/aromatic N) is 3. The first-order valence-electron chi connectivity index (χ1n) is 9.43. The second kappa shape index (κ2) is 9.61. The van der Waals surface area contributed by atoms with E-state index in [0.717, 1.165) is 22.9 Å². The Labute approximate surface area is 183 Å². The van der Waals surface area contributed by atoms with Crippen LogP contribution in [0.2, 0.25) is 0 Å². The smallest absolute Gasteiger partial charge is 0.293 e. The van der Waals surface area contributed by atoms with Crippen LogP contribution in [0.3, 0.4) is 0 Å². The number of amides is 1. The molecule has 162 valence electrons. The van der Waals surface area contributed by atoms with Crippen molar-refractivity contribution in [2.24, 2.45) is 0 Å². The zero-order valence-corrected chi connectivity index (χ0v) is 18.4. The molecule has 1 heterocycles. The SMILES string of the molecule is Cc1cc(C)c(NC(=O)CSc2nnc(COc3ccc(C)c(C)c3)o2)c([N+](=O)[O-])c1. The standard InChI is InChI=1S/C21H22N4O5S/c1-12-7-15(4)20(17(8-12)25(27)28)22-18(26)11-31-21-24-23-19(30-21)10-29-16-6-5-13(2)14(3)9-16/h5-9H,10-11H2,1-4H3,(H,22,26). The average molecular weight is 442 g/mol. The second-order valence-electron chi connectivity index (χ2n) is 7.07. The number of aromatic nitrogens is 2. The highest BCUT2D eigenvalue weighted by Crippen LogP contribution is 2.30. The molecule has 0 atom stereocenters. The van der Waals surface area contributed by atoms with Crippen molar-refractivity contribution in [2.75, 3.05) is 11.1 Å². The number of hydrogen-bond donors (Lipinski definition) is 1. The molecule has 0 aliphatic heterocycles. The summed E-state index contributed by atoms with van der Waals surface area (Å²) in [6, 6.07) is 8.96. The van der Waals surface area contributed by atoms with E-state index < -0.39 is 10.8 Å². The molecule has 31 heavy (non-hydrogen) atoms. The van der Waals surface area contributed by atoms with Crippen LogP contribution in [0.15, 0.2) is 40.0 Å². The molecule has 10 heteroatoms. The molecule has 0 unspecified atom stereocenters. The summed E-state index contributed by atoms with van der Waals surface area (Å²) >= 11 is 1.04. The summed E-state index contributed by atoms with van der Waals surface area (Å²) in [4.78, 5) is 23.1. The summed E-state index contributed by atoms with van der Waals surface area (Å²) in [6.45, 7) is 7.61. The van der Waals surface area contributed by atoms with Gasteiger partial charge in [0, 0.05) is 6.07 Å². The predicted octanol–water partition coefficient (Wildman–Crippen LogP) is 4.52. The summed E-state index contributed by atoms with van der Waals surface area (Å²) in [6.07, 6.45) is 0. The largest absolute Gasteiger partial charge is 0.484 e. The van der Waals surface area contributed by atoms with Crippen molar-refractivity contribution in [3.63, 3.8) is 0 Å². The number of carbonyl (C=O) groups is 1. The highest BCUT2D eigenvalue weighted by Gasteiger charge is 2.19. The fourth-order valence-electron chi connectivity index (χ4n) is 2.86. The van der Waals surface area contributed by atoms with Crippen molar-refractivity contribution in [3.05, 3.63) is 68.6 Å². The van der Waals surface area contributed by atoms with Gasteiger partial charge in [-0.25, -0.2) is 0 Å². The normalized spacial score (nSPS) is 10.7. The summed E-state index contributed by atoms with van der Waals surface area (Å²) in [5.74, 6) is 0.534. The Bertz CT molecular complexity index is 1130. The van der Waals surface area contributed by atoms with Gasteiger partial charge in [0.15, 0.2) is 6.61 Å². The molecule has 3 aromatic rings. The molecule has 0 radical (unpaired) electrons. The van der Waals surface area contributed by atoms with E-state index in [2.05, 4.69) is 15.5 Å². The van der Waals surface area contributed by atoms with E-state index in [-0.39, 0.29) is 34.8 Å². The molecular formula is C21H22N4O5S. The summed E-state index contributed by atoms with van der Waals surface area (Å²) in [5, 5.41) is 21.9. The molecule has 2 aromatic carbocycles. The van der Waals surface area contributed by atoms with Gasteiger partial charge in [-0.3, -0.25) is 14.9 Å². The molecule has 1 amide bonds. The van der Waals surface area contributed by atoms with Crippen LogP contribution in [-0.2, 0) is 11.4 Å². The topological polar surface area (TPSA) is 120 Å². The molecule has 0 spiro atoms. The number of nitro groups is 1. The lowest BCUT2D eigenvalue weighted by Gasteiger charge is -2.09. The van der Waals surface area contributed by atoms with Gasteiger partial charge in [-0.05, 0) is 62.1 Å². The number of nitrogens with one attached hydrogen (secondary N) is 1. The van der Waals surface area contributed by atoms with Crippen molar-refractivity contribution in [1.29, 1.82) is 0 Å². The van der Waals surface area contributed by atoms with Crippen LogP contribution in [0.1, 0.15) is 28.1 Å². The molecule has 3 rings (SSSR count). The molecule has 0 bridgehead atoms. The third kappa shape index (κ3) is 5.82. The first kappa shape index (κ1) is 22.3. The van der Waals surface area contributed by atoms with Crippen molar-refractivity contribution < 1.29 is 18.9 Å². The van der Waals surface area contributed by atoms with Crippen LogP contribution in [0.4, 0.5) is 11.4 Å². The number of nitro benzene ring substituents is 1. The van der Waals surface area contributed by atoms with Crippen LogP contribution in [0.25, 0.3) is 0 Å². The number of thioether (sulfide) groups is 1. The monoisotopic (exact) mass is 442 g/mol. The number of ether oxygens (including phenoxy) is 1. The lowest BCUT2D eigenvalue weighted by Crippen LogP contribution is -2.16. The van der Waals surface area contributed by atoms with Crippen molar-refractivity contribution in [1.82, 2.24) is 10.2 Å². The zero-order chi connectivity index (χ0) is 22.5. The molecule has 0 aliphatic carbocycles. The van der Waals surface area contributed by atoms with Crippen LogP contribution < -0.4 is 10.1 Å². The highest BCUT2D eigenvalue weighted by atomic mass is 32.2. The van der Waals surface area contributed by atoms with Gasteiger partial charge in [0.05, 0.1) is 10.7 Å². The van der Waals surface area contributed by atoms with Crippen LogP contribution in [-0.4, -0.2) is 26.8 Å². The maximum absolute atomic E-state index is 12.3. The van der Waals surface area contributed by atoms with Gasteiger partial charge in [0.1, 0.15) is 11.4 Å². The van der Waals surface area contributed by atoms with Crippen LogP contribution in [0.5, 0.6) is 5.75 Å². The minimum absolute atomic E-state index is 0.0376. The molecule has 0 fully saturated rings. The first-order chi connectivity index (χ1) is 14.7. The Morgan fingerprint density at radius 1 is 1.13 bits per heavy atom.